The van der Waals surface area contributed by atoms with Crippen LogP contribution in [0.2, 0.25) is 0 Å². The molecule has 0 atom stereocenters. The lowest BCUT2D eigenvalue weighted by molar-refractivity contribution is 0.442. The van der Waals surface area contributed by atoms with Crippen molar-refractivity contribution in [2.24, 2.45) is 4.99 Å². The Balaban J connectivity index is 1.37. The molecule has 1 aliphatic carbocycles. The molecular weight excluding hydrogens is 378 g/mol. The molecule has 0 spiro atoms. The lowest BCUT2D eigenvalue weighted by atomic mass is 9.96. The van der Waals surface area contributed by atoms with Crippen molar-refractivity contribution < 1.29 is 0 Å². The number of benzene rings is 1. The molecule has 9 heteroatoms. The highest BCUT2D eigenvalue weighted by atomic mass is 32.2. The van der Waals surface area contributed by atoms with Crippen LogP contribution in [0.5, 0.6) is 0 Å². The lowest BCUT2D eigenvalue weighted by Crippen LogP contribution is -2.32. The zero-order chi connectivity index (χ0) is 18.2. The van der Waals surface area contributed by atoms with Gasteiger partial charge in [-0.3, -0.25) is 10.4 Å². The molecule has 1 fully saturated rings. The summed E-state index contributed by atoms with van der Waals surface area (Å²) in [5.41, 5.74) is 10.2. The van der Waals surface area contributed by atoms with Crippen molar-refractivity contribution in [2.75, 3.05) is 11.2 Å². The van der Waals surface area contributed by atoms with Crippen LogP contribution in [-0.4, -0.2) is 31.7 Å². The molecule has 0 radical (unpaired) electrons. The average molecular weight is 400 g/mol. The van der Waals surface area contributed by atoms with E-state index in [9.17, 15) is 0 Å². The van der Waals surface area contributed by atoms with E-state index in [1.54, 1.807) is 11.8 Å². The molecule has 5 rings (SSSR count). The Hall–Kier alpha value is -2.13. The minimum absolute atomic E-state index is 0.467. The number of nitrogens with zero attached hydrogens (tertiary/aromatic N) is 5. The predicted octanol–water partition coefficient (Wildman–Crippen LogP) is 3.84. The number of nitrogen functional groups attached to an aromatic ring is 1. The van der Waals surface area contributed by atoms with Crippen LogP contribution in [0, 0.1) is 0 Å². The van der Waals surface area contributed by atoms with Crippen LogP contribution >= 0.6 is 23.1 Å². The summed E-state index contributed by atoms with van der Waals surface area (Å²) in [6, 6.07) is 6.62. The van der Waals surface area contributed by atoms with Crippen LogP contribution in [0.1, 0.15) is 44.3 Å². The number of aliphatic imine (C=N–C) groups is 1. The monoisotopic (exact) mass is 399 g/mol. The summed E-state index contributed by atoms with van der Waals surface area (Å²) in [7, 11) is 0. The van der Waals surface area contributed by atoms with Gasteiger partial charge in [0, 0.05) is 17.7 Å². The van der Waals surface area contributed by atoms with E-state index >= 15 is 0 Å². The second-order valence-electron chi connectivity index (χ2n) is 7.00. The number of anilines is 1. The van der Waals surface area contributed by atoms with Gasteiger partial charge in [-0.25, -0.2) is 9.66 Å². The Morgan fingerprint density at radius 2 is 2.07 bits per heavy atom. The summed E-state index contributed by atoms with van der Waals surface area (Å²) in [5, 5.41) is 10.2. The third kappa shape index (κ3) is 3.53. The van der Waals surface area contributed by atoms with Crippen LogP contribution in [0.25, 0.3) is 10.2 Å². The van der Waals surface area contributed by atoms with E-state index in [1.807, 2.05) is 16.8 Å². The van der Waals surface area contributed by atoms with Gasteiger partial charge in [-0.05, 0) is 42.8 Å². The molecule has 1 aliphatic heterocycles. The Labute approximate surface area is 165 Å². The summed E-state index contributed by atoms with van der Waals surface area (Å²) in [4.78, 5) is 10.4. The number of rotatable bonds is 3. The summed E-state index contributed by atoms with van der Waals surface area (Å²) < 4.78 is 3.07. The number of nitrogens with one attached hydrogen (secondary N) is 1. The Morgan fingerprint density at radius 3 is 2.96 bits per heavy atom. The highest BCUT2D eigenvalue weighted by molar-refractivity contribution is 7.99. The maximum absolute atomic E-state index is 5.81. The van der Waals surface area contributed by atoms with Gasteiger partial charge in [0.05, 0.1) is 16.3 Å². The average Bonchev–Trinajstić information content (AvgIpc) is 3.25. The molecule has 2 aromatic heterocycles. The van der Waals surface area contributed by atoms with Crippen molar-refractivity contribution >= 4 is 44.3 Å². The number of thiazole rings is 1. The Morgan fingerprint density at radius 1 is 1.19 bits per heavy atom. The minimum Gasteiger partial charge on any atom is -0.375 e. The molecule has 1 aromatic carbocycles. The second kappa shape index (κ2) is 7.12. The molecule has 7 nitrogen and oxygen atoms in total. The zero-order valence-corrected chi connectivity index (χ0v) is 16.5. The highest BCUT2D eigenvalue weighted by Gasteiger charge is 2.22. The smallest absolute Gasteiger partial charge is 0.215 e. The number of amidine groups is 1. The first-order valence-electron chi connectivity index (χ1n) is 9.36. The van der Waals surface area contributed by atoms with Crippen LogP contribution in [0.3, 0.4) is 0 Å². The molecule has 3 N–H and O–H groups in total. The fraction of sp³-hybridized carbons (Fsp3) is 0.444. The van der Waals surface area contributed by atoms with Crippen molar-refractivity contribution in [1.29, 1.82) is 0 Å². The standard InChI is InChI=1S/C18H21N7S2/c19-17-21-13-7-6-12(10-14(13)27-17)26-18-23-22-16-9-8-15(24-25(16)18)20-11-4-2-1-3-5-11/h6-7,10-11H,1-5,8-9H2,(H2,19,21)(H,20,24). The van der Waals surface area contributed by atoms with E-state index in [1.165, 1.54) is 43.4 Å². The van der Waals surface area contributed by atoms with Crippen LogP contribution in [-0.2, 0) is 6.42 Å². The van der Waals surface area contributed by atoms with Crippen LogP contribution in [0.4, 0.5) is 5.13 Å². The quantitative estimate of drug-likeness (QED) is 0.695. The third-order valence-electron chi connectivity index (χ3n) is 5.03. The summed E-state index contributed by atoms with van der Waals surface area (Å²) in [6.07, 6.45) is 8.14. The molecule has 1 saturated carbocycles. The first-order chi connectivity index (χ1) is 13.2. The number of hydrogen-bond donors (Lipinski definition) is 2. The molecule has 0 amide bonds. The van der Waals surface area contributed by atoms with Crippen LogP contribution < -0.4 is 11.2 Å². The zero-order valence-electron chi connectivity index (χ0n) is 14.9. The molecule has 3 aromatic rings. The van der Waals surface area contributed by atoms with Crippen molar-refractivity contribution in [3.63, 3.8) is 0 Å². The van der Waals surface area contributed by atoms with Crippen molar-refractivity contribution in [3.05, 3.63) is 24.0 Å². The van der Waals surface area contributed by atoms with Gasteiger partial charge in [-0.1, -0.05) is 30.6 Å². The Kier molecular flexibility index (Phi) is 4.48. The van der Waals surface area contributed by atoms with Crippen molar-refractivity contribution in [2.45, 2.75) is 61.0 Å². The van der Waals surface area contributed by atoms with E-state index in [-0.39, 0.29) is 0 Å². The van der Waals surface area contributed by atoms with Gasteiger partial charge in [0.25, 0.3) is 0 Å². The van der Waals surface area contributed by atoms with E-state index in [2.05, 4.69) is 26.7 Å². The lowest BCUT2D eigenvalue weighted by Gasteiger charge is -2.23. The normalized spacial score (nSPS) is 19.3. The number of aromatic nitrogens is 4. The highest BCUT2D eigenvalue weighted by Crippen LogP contribution is 2.32. The van der Waals surface area contributed by atoms with Gasteiger partial charge < -0.3 is 5.73 Å². The molecule has 0 saturated heterocycles. The predicted molar refractivity (Wildman–Crippen MR) is 110 cm³/mol. The largest absolute Gasteiger partial charge is 0.375 e. The fourth-order valence-electron chi connectivity index (χ4n) is 3.67. The first kappa shape index (κ1) is 17.0. The summed E-state index contributed by atoms with van der Waals surface area (Å²) >= 11 is 3.09. The van der Waals surface area contributed by atoms with Gasteiger partial charge in [0.2, 0.25) is 5.16 Å². The number of hydrogen-bond acceptors (Lipinski definition) is 7. The molecule has 0 bridgehead atoms. The molecule has 140 valence electrons. The topological polar surface area (TPSA) is 94.0 Å². The third-order valence-corrected chi connectivity index (χ3v) is 6.81. The van der Waals surface area contributed by atoms with Gasteiger partial charge in [0.15, 0.2) is 11.0 Å². The molecule has 3 heterocycles. The molecular formula is C18H21N7S2. The van der Waals surface area contributed by atoms with Crippen LogP contribution in [0.15, 0.2) is 33.2 Å². The van der Waals surface area contributed by atoms with E-state index in [0.717, 1.165) is 44.8 Å². The van der Waals surface area contributed by atoms with Crippen molar-refractivity contribution in [1.82, 2.24) is 19.9 Å². The Bertz CT molecular complexity index is 1000. The number of aryl methyl sites for hydroxylation is 1. The van der Waals surface area contributed by atoms with Gasteiger partial charge in [-0.2, -0.15) is 0 Å². The SMILES string of the molecule is Nc1nc2ccc(Sc3nnc4n3NC(=NC3CCCCC3)CC4)cc2s1. The van der Waals surface area contributed by atoms with E-state index in [4.69, 9.17) is 10.7 Å². The van der Waals surface area contributed by atoms with E-state index in [0.29, 0.717) is 11.2 Å². The van der Waals surface area contributed by atoms with E-state index < -0.39 is 0 Å². The maximum atomic E-state index is 5.81. The summed E-state index contributed by atoms with van der Waals surface area (Å²) in [5.74, 6) is 2.02. The maximum Gasteiger partial charge on any atom is 0.215 e. The molecule has 2 aliphatic rings. The summed E-state index contributed by atoms with van der Waals surface area (Å²) in [6.45, 7) is 0. The first-order valence-corrected chi connectivity index (χ1v) is 11.0. The molecule has 0 unspecified atom stereocenters. The van der Waals surface area contributed by atoms with Gasteiger partial charge in [0.1, 0.15) is 5.84 Å². The van der Waals surface area contributed by atoms with Gasteiger partial charge >= 0.3 is 0 Å². The minimum atomic E-state index is 0.467. The molecule has 27 heavy (non-hydrogen) atoms. The van der Waals surface area contributed by atoms with Crippen molar-refractivity contribution in [3.8, 4) is 0 Å². The number of fused-ring (bicyclic) bond motifs is 2. The second-order valence-corrected chi connectivity index (χ2v) is 9.10. The van der Waals surface area contributed by atoms with Gasteiger partial charge in [-0.15, -0.1) is 10.2 Å². The number of nitrogens with two attached hydrogens (primary N) is 1. The fourth-order valence-corrected chi connectivity index (χ4v) is 5.37.